The van der Waals surface area contributed by atoms with E-state index >= 15 is 0 Å². The number of fused-ring (bicyclic) bond motifs is 1. The fourth-order valence-corrected chi connectivity index (χ4v) is 4.26. The van der Waals surface area contributed by atoms with Crippen LogP contribution >= 0.6 is 27.3 Å². The third kappa shape index (κ3) is 3.00. The molecule has 1 N–H and O–H groups in total. The molecule has 1 aliphatic rings. The molecule has 21 heavy (non-hydrogen) atoms. The standard InChI is InChI=1S/C16H20BrN3S/c1-3-18-9-12-8-13(17)10-19-16(12)20-6-4-15-14(11(20)2)5-7-21-15/h5,7-8,10-11,18H,3-4,6,9H2,1-2H3. The van der Waals surface area contributed by atoms with E-state index in [9.17, 15) is 0 Å². The van der Waals surface area contributed by atoms with Gasteiger partial charge in [-0.25, -0.2) is 4.98 Å². The Hall–Kier alpha value is -0.910. The summed E-state index contributed by atoms with van der Waals surface area (Å²) in [5.41, 5.74) is 2.72. The van der Waals surface area contributed by atoms with Gasteiger partial charge in [-0.3, -0.25) is 0 Å². The van der Waals surface area contributed by atoms with Crippen molar-refractivity contribution >= 4 is 33.1 Å². The van der Waals surface area contributed by atoms with Gasteiger partial charge in [-0.1, -0.05) is 6.92 Å². The Morgan fingerprint density at radius 2 is 2.38 bits per heavy atom. The van der Waals surface area contributed by atoms with E-state index in [-0.39, 0.29) is 0 Å². The van der Waals surface area contributed by atoms with Crippen molar-refractivity contribution in [1.82, 2.24) is 10.3 Å². The molecule has 5 heteroatoms. The number of nitrogens with one attached hydrogen (secondary N) is 1. The second kappa shape index (κ2) is 6.46. The number of aromatic nitrogens is 1. The molecule has 112 valence electrons. The second-order valence-corrected chi connectivity index (χ2v) is 7.25. The lowest BCUT2D eigenvalue weighted by atomic mass is 10.0. The highest BCUT2D eigenvalue weighted by Gasteiger charge is 2.27. The predicted molar refractivity (Wildman–Crippen MR) is 93.1 cm³/mol. The third-order valence-electron chi connectivity index (χ3n) is 4.02. The molecule has 0 amide bonds. The van der Waals surface area contributed by atoms with Crippen LogP contribution in [0, 0.1) is 0 Å². The molecular weight excluding hydrogens is 346 g/mol. The van der Waals surface area contributed by atoms with E-state index in [0.717, 1.165) is 36.3 Å². The molecule has 2 aromatic rings. The van der Waals surface area contributed by atoms with Gasteiger partial charge in [0, 0.05) is 34.2 Å². The largest absolute Gasteiger partial charge is 0.349 e. The molecule has 1 unspecified atom stereocenters. The Labute approximate surface area is 138 Å². The Balaban J connectivity index is 1.93. The highest BCUT2D eigenvalue weighted by Crippen LogP contribution is 2.36. The van der Waals surface area contributed by atoms with Crippen LogP contribution in [0.25, 0.3) is 0 Å². The molecule has 3 nitrogen and oxygen atoms in total. The summed E-state index contributed by atoms with van der Waals surface area (Å²) in [6, 6.07) is 4.84. The zero-order valence-electron chi connectivity index (χ0n) is 12.4. The molecule has 0 saturated carbocycles. The summed E-state index contributed by atoms with van der Waals surface area (Å²) in [6.07, 6.45) is 3.02. The highest BCUT2D eigenvalue weighted by atomic mass is 79.9. The normalized spacial score (nSPS) is 17.9. The van der Waals surface area contributed by atoms with Gasteiger partial charge in [-0.15, -0.1) is 11.3 Å². The third-order valence-corrected chi connectivity index (χ3v) is 5.45. The Bertz CT molecular complexity index is 626. The van der Waals surface area contributed by atoms with Crippen LogP contribution in [0.5, 0.6) is 0 Å². The van der Waals surface area contributed by atoms with Gasteiger partial charge in [0.25, 0.3) is 0 Å². The SMILES string of the molecule is CCNCc1cc(Br)cnc1N1CCc2sccc2C1C. The van der Waals surface area contributed by atoms with Crippen molar-refractivity contribution < 1.29 is 0 Å². The van der Waals surface area contributed by atoms with Crippen molar-refractivity contribution in [3.63, 3.8) is 0 Å². The second-order valence-electron chi connectivity index (χ2n) is 5.34. The van der Waals surface area contributed by atoms with E-state index in [4.69, 9.17) is 4.98 Å². The lowest BCUT2D eigenvalue weighted by Gasteiger charge is -2.35. The van der Waals surface area contributed by atoms with E-state index in [0.29, 0.717) is 6.04 Å². The topological polar surface area (TPSA) is 28.2 Å². The molecule has 0 aromatic carbocycles. The van der Waals surface area contributed by atoms with Crippen molar-refractivity contribution in [2.24, 2.45) is 0 Å². The Morgan fingerprint density at radius 1 is 1.52 bits per heavy atom. The van der Waals surface area contributed by atoms with Crippen molar-refractivity contribution in [1.29, 1.82) is 0 Å². The van der Waals surface area contributed by atoms with E-state index in [1.807, 2.05) is 17.5 Å². The van der Waals surface area contributed by atoms with Gasteiger partial charge in [0.2, 0.25) is 0 Å². The van der Waals surface area contributed by atoms with Gasteiger partial charge in [0.1, 0.15) is 5.82 Å². The fourth-order valence-electron chi connectivity index (χ4n) is 2.92. The van der Waals surface area contributed by atoms with Crippen LogP contribution < -0.4 is 10.2 Å². The Morgan fingerprint density at radius 3 is 3.19 bits per heavy atom. The van der Waals surface area contributed by atoms with Crippen molar-refractivity contribution in [2.75, 3.05) is 18.0 Å². The minimum absolute atomic E-state index is 0.397. The maximum absolute atomic E-state index is 4.70. The van der Waals surface area contributed by atoms with E-state index in [1.165, 1.54) is 16.0 Å². The zero-order chi connectivity index (χ0) is 14.8. The average molecular weight is 366 g/mol. The predicted octanol–water partition coefficient (Wildman–Crippen LogP) is 4.14. The van der Waals surface area contributed by atoms with Crippen LogP contribution in [0.1, 0.15) is 35.9 Å². The van der Waals surface area contributed by atoms with Crippen molar-refractivity contribution in [3.8, 4) is 0 Å². The number of hydrogen-bond acceptors (Lipinski definition) is 4. The lowest BCUT2D eigenvalue weighted by molar-refractivity contribution is 0.616. The summed E-state index contributed by atoms with van der Waals surface area (Å²) in [4.78, 5) is 8.68. The molecule has 3 heterocycles. The number of pyridine rings is 1. The number of hydrogen-bond donors (Lipinski definition) is 1. The molecule has 0 aliphatic carbocycles. The molecule has 0 saturated heterocycles. The molecule has 1 atom stereocenters. The highest BCUT2D eigenvalue weighted by molar-refractivity contribution is 9.10. The first kappa shape index (κ1) is 15.0. The minimum atomic E-state index is 0.397. The fraction of sp³-hybridized carbons (Fsp3) is 0.438. The molecule has 3 rings (SSSR count). The van der Waals surface area contributed by atoms with Gasteiger partial charge in [0.05, 0.1) is 6.04 Å². The maximum Gasteiger partial charge on any atom is 0.133 e. The van der Waals surface area contributed by atoms with E-state index in [2.05, 4.69) is 57.5 Å². The summed E-state index contributed by atoms with van der Waals surface area (Å²) in [5, 5.41) is 5.62. The Kier molecular flexibility index (Phi) is 4.62. The van der Waals surface area contributed by atoms with Crippen LogP contribution in [0.3, 0.4) is 0 Å². The van der Waals surface area contributed by atoms with E-state index in [1.54, 1.807) is 0 Å². The van der Waals surface area contributed by atoms with Crippen LogP contribution in [-0.4, -0.2) is 18.1 Å². The number of thiophene rings is 1. The first-order valence-corrected chi connectivity index (χ1v) is 9.06. The maximum atomic E-state index is 4.70. The molecule has 0 fully saturated rings. The first-order chi connectivity index (χ1) is 10.2. The number of anilines is 1. The zero-order valence-corrected chi connectivity index (χ0v) is 14.8. The minimum Gasteiger partial charge on any atom is -0.349 e. The number of rotatable bonds is 4. The van der Waals surface area contributed by atoms with Crippen LogP contribution in [0.4, 0.5) is 5.82 Å². The molecule has 1 aliphatic heterocycles. The quantitative estimate of drug-likeness (QED) is 0.882. The van der Waals surface area contributed by atoms with Gasteiger partial charge in [-0.2, -0.15) is 0 Å². The van der Waals surface area contributed by atoms with Crippen molar-refractivity contribution in [2.45, 2.75) is 32.9 Å². The van der Waals surface area contributed by atoms with Gasteiger partial charge in [-0.05, 0) is 58.9 Å². The summed E-state index contributed by atoms with van der Waals surface area (Å²) in [6.45, 7) is 7.29. The molecule has 0 radical (unpaired) electrons. The monoisotopic (exact) mass is 365 g/mol. The molecule has 0 spiro atoms. The average Bonchev–Trinajstić information content (AvgIpc) is 2.96. The molecular formula is C16H20BrN3S. The van der Waals surface area contributed by atoms with Crippen LogP contribution in [0.2, 0.25) is 0 Å². The van der Waals surface area contributed by atoms with Crippen LogP contribution in [-0.2, 0) is 13.0 Å². The summed E-state index contributed by atoms with van der Waals surface area (Å²) in [7, 11) is 0. The summed E-state index contributed by atoms with van der Waals surface area (Å²) < 4.78 is 1.04. The number of nitrogens with zero attached hydrogens (tertiary/aromatic N) is 2. The van der Waals surface area contributed by atoms with Gasteiger partial charge >= 0.3 is 0 Å². The summed E-state index contributed by atoms with van der Waals surface area (Å²) >= 11 is 5.42. The smallest absolute Gasteiger partial charge is 0.133 e. The van der Waals surface area contributed by atoms with Gasteiger partial charge < -0.3 is 10.2 Å². The van der Waals surface area contributed by atoms with Crippen LogP contribution in [0.15, 0.2) is 28.2 Å². The lowest BCUT2D eigenvalue weighted by Crippen LogP contribution is -2.35. The molecule has 2 aromatic heterocycles. The number of halogens is 1. The molecule has 0 bridgehead atoms. The van der Waals surface area contributed by atoms with Gasteiger partial charge in [0.15, 0.2) is 0 Å². The van der Waals surface area contributed by atoms with Crippen molar-refractivity contribution in [3.05, 3.63) is 44.2 Å². The van der Waals surface area contributed by atoms with E-state index < -0.39 is 0 Å². The first-order valence-electron chi connectivity index (χ1n) is 7.38. The summed E-state index contributed by atoms with van der Waals surface area (Å²) in [5.74, 6) is 1.11.